The van der Waals surface area contributed by atoms with Crippen LogP contribution in [0.3, 0.4) is 0 Å². The van der Waals surface area contributed by atoms with Gasteiger partial charge in [-0.1, -0.05) is 11.6 Å². The largest absolute Gasteiger partial charge is 0.495 e. The minimum atomic E-state index is -0.228. The summed E-state index contributed by atoms with van der Waals surface area (Å²) in [6, 6.07) is 1.45. The number of hydrogen-bond donors (Lipinski definition) is 1. The van der Waals surface area contributed by atoms with E-state index < -0.39 is 0 Å². The van der Waals surface area contributed by atoms with Crippen LogP contribution >= 0.6 is 11.6 Å². The van der Waals surface area contributed by atoms with Gasteiger partial charge in [-0.3, -0.25) is 0 Å². The highest BCUT2D eigenvalue weighted by Crippen LogP contribution is 2.47. The van der Waals surface area contributed by atoms with Gasteiger partial charge in [-0.2, -0.15) is 0 Å². The summed E-state index contributed by atoms with van der Waals surface area (Å²) in [6.07, 6.45) is 0. The number of benzene rings is 1. The number of hydrogen-bond acceptors (Lipinski definition) is 4. The third-order valence-electron chi connectivity index (χ3n) is 2.26. The molecule has 5 heteroatoms. The summed E-state index contributed by atoms with van der Waals surface area (Å²) in [5.41, 5.74) is 6.61. The fourth-order valence-corrected chi connectivity index (χ4v) is 1.92. The molecule has 1 unspecified atom stereocenters. The molecular weight excluding hydrogens is 218 g/mol. The summed E-state index contributed by atoms with van der Waals surface area (Å²) in [6.45, 7) is 2.04. The molecule has 1 atom stereocenters. The summed E-state index contributed by atoms with van der Waals surface area (Å²) in [4.78, 5) is 0. The molecule has 1 aliphatic rings. The van der Waals surface area contributed by atoms with Crippen molar-refractivity contribution in [3.63, 3.8) is 0 Å². The highest BCUT2D eigenvalue weighted by atomic mass is 35.5. The zero-order valence-corrected chi connectivity index (χ0v) is 9.30. The zero-order chi connectivity index (χ0) is 11.0. The summed E-state index contributed by atoms with van der Waals surface area (Å²) < 4.78 is 15.8. The van der Waals surface area contributed by atoms with Crippen molar-refractivity contribution in [1.29, 1.82) is 0 Å². The molecule has 0 amide bonds. The topological polar surface area (TPSA) is 53.7 Å². The van der Waals surface area contributed by atoms with Crippen LogP contribution in [-0.4, -0.2) is 13.9 Å². The predicted octanol–water partition coefficient (Wildman–Crippen LogP) is 2.10. The number of halogens is 1. The molecule has 0 saturated heterocycles. The van der Waals surface area contributed by atoms with Gasteiger partial charge in [-0.25, -0.2) is 0 Å². The van der Waals surface area contributed by atoms with Gasteiger partial charge in [0.15, 0.2) is 11.5 Å². The molecule has 0 spiro atoms. The van der Waals surface area contributed by atoms with Crippen molar-refractivity contribution < 1.29 is 14.2 Å². The second-order valence-corrected chi connectivity index (χ2v) is 3.73. The molecule has 2 rings (SSSR count). The van der Waals surface area contributed by atoms with E-state index in [4.69, 9.17) is 31.5 Å². The first-order valence-corrected chi connectivity index (χ1v) is 4.94. The molecular formula is C10H12ClNO3. The maximum absolute atomic E-state index is 6.04. The Morgan fingerprint density at radius 3 is 2.87 bits per heavy atom. The number of rotatable bonds is 2. The maximum Gasteiger partial charge on any atom is 0.231 e. The minimum absolute atomic E-state index is 0.193. The van der Waals surface area contributed by atoms with E-state index in [1.165, 1.54) is 0 Å². The SMILES string of the molecule is COc1c(Cl)cc2c(c1C(C)N)OCO2. The van der Waals surface area contributed by atoms with E-state index in [1.54, 1.807) is 13.2 Å². The van der Waals surface area contributed by atoms with E-state index in [9.17, 15) is 0 Å². The standard InChI is InChI=1S/C10H12ClNO3/c1-5(12)8-9(13-2)6(11)3-7-10(8)15-4-14-7/h3,5H,4,12H2,1-2H3. The van der Waals surface area contributed by atoms with Crippen LogP contribution in [0.5, 0.6) is 17.2 Å². The lowest BCUT2D eigenvalue weighted by atomic mass is 10.1. The normalized spacial score (nSPS) is 15.2. The highest BCUT2D eigenvalue weighted by Gasteiger charge is 2.26. The van der Waals surface area contributed by atoms with E-state index in [2.05, 4.69) is 0 Å². The Morgan fingerprint density at radius 2 is 2.27 bits per heavy atom. The molecule has 4 nitrogen and oxygen atoms in total. The first-order valence-electron chi connectivity index (χ1n) is 4.56. The van der Waals surface area contributed by atoms with Gasteiger partial charge in [0.05, 0.1) is 17.7 Å². The third-order valence-corrected chi connectivity index (χ3v) is 2.55. The molecule has 1 heterocycles. The molecule has 1 aromatic rings. The van der Waals surface area contributed by atoms with Gasteiger partial charge in [0.2, 0.25) is 6.79 Å². The quantitative estimate of drug-likeness (QED) is 0.844. The molecule has 2 N–H and O–H groups in total. The number of methoxy groups -OCH3 is 1. The molecule has 0 fully saturated rings. The third kappa shape index (κ3) is 1.60. The van der Waals surface area contributed by atoms with Gasteiger partial charge in [-0.15, -0.1) is 0 Å². The van der Waals surface area contributed by atoms with Gasteiger partial charge in [0.1, 0.15) is 5.75 Å². The first kappa shape index (κ1) is 10.4. The molecule has 0 bridgehead atoms. The molecule has 0 aromatic heterocycles. The average Bonchev–Trinajstić information content (AvgIpc) is 2.62. The second kappa shape index (κ2) is 3.79. The number of nitrogens with two attached hydrogens (primary N) is 1. The van der Waals surface area contributed by atoms with Crippen molar-refractivity contribution in [2.45, 2.75) is 13.0 Å². The number of fused-ring (bicyclic) bond motifs is 1. The average molecular weight is 230 g/mol. The van der Waals surface area contributed by atoms with Gasteiger partial charge < -0.3 is 19.9 Å². The Labute approximate surface area is 92.9 Å². The molecule has 0 aliphatic carbocycles. The lowest BCUT2D eigenvalue weighted by Gasteiger charge is -2.15. The summed E-state index contributed by atoms with van der Waals surface area (Å²) in [7, 11) is 1.55. The highest BCUT2D eigenvalue weighted by molar-refractivity contribution is 6.32. The first-order chi connectivity index (χ1) is 7.15. The Balaban J connectivity index is 2.66. The Hall–Kier alpha value is -1.13. The fourth-order valence-electron chi connectivity index (χ4n) is 1.64. The van der Waals surface area contributed by atoms with Gasteiger partial charge in [-0.05, 0) is 6.92 Å². The smallest absolute Gasteiger partial charge is 0.231 e. The lowest BCUT2D eigenvalue weighted by Crippen LogP contribution is -2.08. The van der Waals surface area contributed by atoms with E-state index in [0.717, 1.165) is 5.56 Å². The lowest BCUT2D eigenvalue weighted by molar-refractivity contribution is 0.173. The van der Waals surface area contributed by atoms with Crippen molar-refractivity contribution >= 4 is 11.6 Å². The van der Waals surface area contributed by atoms with Crippen LogP contribution in [0.25, 0.3) is 0 Å². The van der Waals surface area contributed by atoms with Crippen molar-refractivity contribution in [2.75, 3.05) is 13.9 Å². The van der Waals surface area contributed by atoms with E-state index in [1.807, 2.05) is 6.92 Å². The van der Waals surface area contributed by atoms with Crippen molar-refractivity contribution in [3.05, 3.63) is 16.7 Å². The minimum Gasteiger partial charge on any atom is -0.495 e. The van der Waals surface area contributed by atoms with Gasteiger partial charge >= 0.3 is 0 Å². The molecule has 0 radical (unpaired) electrons. The van der Waals surface area contributed by atoms with E-state index in [0.29, 0.717) is 22.3 Å². The van der Waals surface area contributed by atoms with Gasteiger partial charge in [0.25, 0.3) is 0 Å². The predicted molar refractivity (Wildman–Crippen MR) is 56.7 cm³/mol. The second-order valence-electron chi connectivity index (χ2n) is 3.33. The molecule has 1 aliphatic heterocycles. The monoisotopic (exact) mass is 229 g/mol. The zero-order valence-electron chi connectivity index (χ0n) is 8.54. The van der Waals surface area contributed by atoms with Crippen molar-refractivity contribution in [3.8, 4) is 17.2 Å². The van der Waals surface area contributed by atoms with Crippen LogP contribution in [-0.2, 0) is 0 Å². The van der Waals surface area contributed by atoms with Crippen molar-refractivity contribution in [1.82, 2.24) is 0 Å². The number of ether oxygens (including phenoxy) is 3. The van der Waals surface area contributed by atoms with Crippen LogP contribution in [0, 0.1) is 0 Å². The van der Waals surface area contributed by atoms with Crippen LogP contribution in [0.15, 0.2) is 6.07 Å². The van der Waals surface area contributed by atoms with Crippen LogP contribution in [0.1, 0.15) is 18.5 Å². The summed E-state index contributed by atoms with van der Waals surface area (Å²) in [5.74, 6) is 1.80. The van der Waals surface area contributed by atoms with E-state index in [-0.39, 0.29) is 12.8 Å². The molecule has 82 valence electrons. The van der Waals surface area contributed by atoms with Gasteiger partial charge in [0, 0.05) is 12.1 Å². The Morgan fingerprint density at radius 1 is 1.53 bits per heavy atom. The summed E-state index contributed by atoms with van der Waals surface area (Å²) >= 11 is 6.04. The molecule has 0 saturated carbocycles. The Bertz CT molecular complexity index is 389. The molecule has 1 aromatic carbocycles. The van der Waals surface area contributed by atoms with Crippen LogP contribution < -0.4 is 19.9 Å². The van der Waals surface area contributed by atoms with Crippen LogP contribution in [0.4, 0.5) is 0 Å². The summed E-state index contributed by atoms with van der Waals surface area (Å²) in [5, 5.41) is 0.481. The molecule has 15 heavy (non-hydrogen) atoms. The van der Waals surface area contributed by atoms with E-state index >= 15 is 0 Å². The fraction of sp³-hybridized carbons (Fsp3) is 0.400. The maximum atomic E-state index is 6.04. The Kier molecular flexibility index (Phi) is 2.63. The van der Waals surface area contributed by atoms with Crippen molar-refractivity contribution in [2.24, 2.45) is 5.73 Å². The van der Waals surface area contributed by atoms with Crippen LogP contribution in [0.2, 0.25) is 5.02 Å².